The van der Waals surface area contributed by atoms with Crippen molar-refractivity contribution in [2.75, 3.05) is 13.7 Å². The molecule has 2 aromatic carbocycles. The van der Waals surface area contributed by atoms with Gasteiger partial charge in [-0.05, 0) is 37.3 Å². The maximum atomic E-state index is 14.6. The third-order valence-corrected chi connectivity index (χ3v) is 4.49. The number of methoxy groups -OCH3 is 1. The third-order valence-electron chi connectivity index (χ3n) is 4.49. The Hall–Kier alpha value is -3.20. The number of hydrogen-bond acceptors (Lipinski definition) is 4. The topological polar surface area (TPSA) is 71.5 Å². The van der Waals surface area contributed by atoms with Crippen LogP contribution in [0.15, 0.2) is 42.6 Å². The van der Waals surface area contributed by atoms with E-state index < -0.39 is 29.5 Å². The molecule has 1 amide bonds. The molecular weight excluding hydrogens is 404 g/mol. The summed E-state index contributed by atoms with van der Waals surface area (Å²) in [4.78, 5) is 16.5. The number of nitrogens with zero attached hydrogens (tertiary/aromatic N) is 1. The number of hydrogen-bond donors (Lipinski definition) is 2. The van der Waals surface area contributed by atoms with E-state index in [0.717, 1.165) is 12.1 Å². The number of carbonyl (C=O) groups excluding carboxylic acids is 1. The van der Waals surface area contributed by atoms with Crippen molar-refractivity contribution in [3.63, 3.8) is 0 Å². The second-order valence-corrected chi connectivity index (χ2v) is 6.72. The van der Waals surface area contributed by atoms with Gasteiger partial charge in [0.25, 0.3) is 5.91 Å². The van der Waals surface area contributed by atoms with E-state index in [4.69, 9.17) is 9.84 Å². The minimum Gasteiger partial charge on any atom is -0.497 e. The number of alkyl halides is 3. The molecule has 1 heterocycles. The second-order valence-electron chi connectivity index (χ2n) is 6.72. The van der Waals surface area contributed by atoms with Gasteiger partial charge in [-0.15, -0.1) is 0 Å². The van der Waals surface area contributed by atoms with E-state index in [1.54, 1.807) is 13.0 Å². The fourth-order valence-corrected chi connectivity index (χ4v) is 2.93. The van der Waals surface area contributed by atoms with Crippen LogP contribution < -0.4 is 10.1 Å². The van der Waals surface area contributed by atoms with Gasteiger partial charge in [0, 0.05) is 28.8 Å². The van der Waals surface area contributed by atoms with Crippen LogP contribution in [0.5, 0.6) is 5.75 Å². The minimum absolute atomic E-state index is 0.0782. The molecule has 0 fully saturated rings. The van der Waals surface area contributed by atoms with Crippen molar-refractivity contribution in [2.24, 2.45) is 0 Å². The van der Waals surface area contributed by atoms with E-state index in [1.165, 1.54) is 25.4 Å². The number of pyridine rings is 1. The SMILES string of the molecule is COc1cc(-c2ccc(C(F)(F)F)cc2F)c2ncc(C(=O)N[C@H](C)CO)cc2c1. The van der Waals surface area contributed by atoms with Gasteiger partial charge in [-0.25, -0.2) is 4.39 Å². The van der Waals surface area contributed by atoms with Gasteiger partial charge in [0.15, 0.2) is 0 Å². The fourth-order valence-electron chi connectivity index (χ4n) is 2.93. The van der Waals surface area contributed by atoms with Crippen LogP contribution in [0.4, 0.5) is 17.6 Å². The van der Waals surface area contributed by atoms with Crippen LogP contribution >= 0.6 is 0 Å². The Kier molecular flexibility index (Phi) is 5.93. The summed E-state index contributed by atoms with van der Waals surface area (Å²) in [5.41, 5.74) is -0.450. The Morgan fingerprint density at radius 2 is 1.93 bits per heavy atom. The first-order valence-electron chi connectivity index (χ1n) is 8.90. The van der Waals surface area contributed by atoms with Crippen LogP contribution in [-0.2, 0) is 6.18 Å². The molecule has 0 aliphatic heterocycles. The number of aromatic nitrogens is 1. The van der Waals surface area contributed by atoms with Crippen molar-refractivity contribution in [3.05, 3.63) is 59.5 Å². The molecule has 0 bridgehead atoms. The van der Waals surface area contributed by atoms with Crippen LogP contribution in [0.2, 0.25) is 0 Å². The molecule has 1 atom stereocenters. The van der Waals surface area contributed by atoms with Crippen molar-refractivity contribution in [2.45, 2.75) is 19.1 Å². The lowest BCUT2D eigenvalue weighted by atomic mass is 9.98. The number of fused-ring (bicyclic) bond motifs is 1. The molecule has 9 heteroatoms. The lowest BCUT2D eigenvalue weighted by Gasteiger charge is -2.14. The number of carbonyl (C=O) groups is 1. The summed E-state index contributed by atoms with van der Waals surface area (Å²) >= 11 is 0. The zero-order valence-electron chi connectivity index (χ0n) is 16.0. The Labute approximate surface area is 169 Å². The van der Waals surface area contributed by atoms with E-state index >= 15 is 0 Å². The highest BCUT2D eigenvalue weighted by molar-refractivity contribution is 6.01. The van der Waals surface area contributed by atoms with Gasteiger partial charge in [-0.2, -0.15) is 13.2 Å². The number of aliphatic hydroxyl groups is 1. The van der Waals surface area contributed by atoms with Gasteiger partial charge >= 0.3 is 6.18 Å². The molecule has 2 N–H and O–H groups in total. The summed E-state index contributed by atoms with van der Waals surface area (Å²) in [7, 11) is 1.39. The number of aliphatic hydroxyl groups excluding tert-OH is 1. The number of ether oxygens (including phenoxy) is 1. The number of rotatable bonds is 5. The lowest BCUT2D eigenvalue weighted by Crippen LogP contribution is -2.35. The van der Waals surface area contributed by atoms with Crippen molar-refractivity contribution in [1.82, 2.24) is 10.3 Å². The van der Waals surface area contributed by atoms with E-state index in [1.807, 2.05) is 0 Å². The van der Waals surface area contributed by atoms with Crippen LogP contribution in [0.1, 0.15) is 22.8 Å². The first-order valence-corrected chi connectivity index (χ1v) is 8.90. The van der Waals surface area contributed by atoms with Crippen molar-refractivity contribution in [3.8, 4) is 16.9 Å². The highest BCUT2D eigenvalue weighted by Gasteiger charge is 2.31. The fraction of sp³-hybridized carbons (Fsp3) is 0.238. The van der Waals surface area contributed by atoms with E-state index in [2.05, 4.69) is 10.3 Å². The molecule has 158 valence electrons. The molecule has 5 nitrogen and oxygen atoms in total. The predicted octanol–water partition coefficient (Wildman–Crippen LogP) is 4.18. The van der Waals surface area contributed by atoms with Crippen LogP contribution in [0.3, 0.4) is 0 Å². The molecule has 0 spiro atoms. The number of nitrogens with one attached hydrogen (secondary N) is 1. The Morgan fingerprint density at radius 1 is 1.20 bits per heavy atom. The van der Waals surface area contributed by atoms with Crippen molar-refractivity contribution in [1.29, 1.82) is 0 Å². The number of halogens is 4. The monoisotopic (exact) mass is 422 g/mol. The Bertz CT molecular complexity index is 1100. The van der Waals surface area contributed by atoms with Gasteiger partial charge in [0.05, 0.1) is 30.4 Å². The zero-order chi connectivity index (χ0) is 22.1. The maximum absolute atomic E-state index is 14.6. The molecule has 0 aliphatic carbocycles. The Balaban J connectivity index is 2.13. The normalized spacial score (nSPS) is 12.6. The quantitative estimate of drug-likeness (QED) is 0.606. The van der Waals surface area contributed by atoms with E-state index in [9.17, 15) is 22.4 Å². The zero-order valence-corrected chi connectivity index (χ0v) is 16.0. The minimum atomic E-state index is -4.66. The number of amides is 1. The van der Waals surface area contributed by atoms with Crippen LogP contribution in [0.25, 0.3) is 22.0 Å². The van der Waals surface area contributed by atoms with E-state index in [-0.39, 0.29) is 23.3 Å². The molecule has 3 aromatic rings. The Morgan fingerprint density at radius 3 is 2.53 bits per heavy atom. The summed E-state index contributed by atoms with van der Waals surface area (Å²) in [5.74, 6) is -1.20. The average Bonchev–Trinajstić information content (AvgIpc) is 2.71. The van der Waals surface area contributed by atoms with Gasteiger partial charge in [0.2, 0.25) is 0 Å². The van der Waals surface area contributed by atoms with E-state index in [0.29, 0.717) is 22.7 Å². The molecule has 3 rings (SSSR count). The smallest absolute Gasteiger partial charge is 0.416 e. The molecule has 30 heavy (non-hydrogen) atoms. The predicted molar refractivity (Wildman–Crippen MR) is 103 cm³/mol. The second kappa shape index (κ2) is 8.27. The summed E-state index contributed by atoms with van der Waals surface area (Å²) in [6.07, 6.45) is -3.39. The molecule has 0 unspecified atom stereocenters. The third kappa shape index (κ3) is 4.35. The van der Waals surface area contributed by atoms with Crippen LogP contribution in [-0.4, -0.2) is 35.8 Å². The molecular formula is C21H18F4N2O3. The summed E-state index contributed by atoms with van der Waals surface area (Å²) < 4.78 is 58.4. The average molecular weight is 422 g/mol. The summed E-state index contributed by atoms with van der Waals surface area (Å²) in [6, 6.07) is 6.36. The first-order chi connectivity index (χ1) is 14.1. The number of benzene rings is 2. The standard InChI is InChI=1S/C21H18F4N2O3/c1-11(10-28)27-20(29)13-5-12-6-15(30-2)8-17(19(12)26-9-13)16-4-3-14(7-18(16)22)21(23,24)25/h3-9,11,28H,10H2,1-2H3,(H,27,29)/t11-/m1/s1. The molecule has 1 aromatic heterocycles. The maximum Gasteiger partial charge on any atom is 0.416 e. The molecule has 0 saturated heterocycles. The lowest BCUT2D eigenvalue weighted by molar-refractivity contribution is -0.137. The van der Waals surface area contributed by atoms with Gasteiger partial charge in [-0.3, -0.25) is 9.78 Å². The molecule has 0 radical (unpaired) electrons. The highest BCUT2D eigenvalue weighted by atomic mass is 19.4. The van der Waals surface area contributed by atoms with Gasteiger partial charge < -0.3 is 15.2 Å². The molecule has 0 saturated carbocycles. The van der Waals surface area contributed by atoms with Crippen molar-refractivity contribution < 1.29 is 32.2 Å². The highest BCUT2D eigenvalue weighted by Crippen LogP contribution is 2.36. The first kappa shape index (κ1) is 21.5. The van der Waals surface area contributed by atoms with Gasteiger partial charge in [0.1, 0.15) is 11.6 Å². The largest absolute Gasteiger partial charge is 0.497 e. The summed E-state index contributed by atoms with van der Waals surface area (Å²) in [5, 5.41) is 12.1. The summed E-state index contributed by atoms with van der Waals surface area (Å²) in [6.45, 7) is 1.39. The van der Waals surface area contributed by atoms with Crippen molar-refractivity contribution >= 4 is 16.8 Å². The van der Waals surface area contributed by atoms with Gasteiger partial charge in [-0.1, -0.05) is 6.07 Å². The van der Waals surface area contributed by atoms with Crippen LogP contribution in [0, 0.1) is 5.82 Å². The molecule has 0 aliphatic rings.